The number of rotatable bonds is 2. The summed E-state index contributed by atoms with van der Waals surface area (Å²) in [5.41, 5.74) is 0. The van der Waals surface area contributed by atoms with Crippen LogP contribution in [0, 0.1) is 12.3 Å². The van der Waals surface area contributed by atoms with E-state index < -0.39 is 0 Å². The standard InChI is InChI=1S/C13H16N4O/c1-2-6-15-13(18)17-10-8-16(9-11-17)12-5-3-4-7-14-12/h1,3-5,7H,6,8-11H2,(H,15,18). The molecule has 1 saturated heterocycles. The van der Waals surface area contributed by atoms with Crippen LogP contribution in [0.15, 0.2) is 24.4 Å². The minimum atomic E-state index is -0.0892. The monoisotopic (exact) mass is 244 g/mol. The van der Waals surface area contributed by atoms with Crippen LogP contribution < -0.4 is 10.2 Å². The molecule has 2 rings (SSSR count). The van der Waals surface area contributed by atoms with Gasteiger partial charge in [-0.2, -0.15) is 0 Å². The molecule has 5 nitrogen and oxygen atoms in total. The van der Waals surface area contributed by atoms with E-state index in [4.69, 9.17) is 6.42 Å². The molecule has 0 aromatic carbocycles. The lowest BCUT2D eigenvalue weighted by molar-refractivity contribution is 0.195. The van der Waals surface area contributed by atoms with Gasteiger partial charge in [-0.1, -0.05) is 12.0 Å². The average Bonchev–Trinajstić information content (AvgIpc) is 2.46. The number of carbonyl (C=O) groups excluding carboxylic acids is 1. The van der Waals surface area contributed by atoms with Crippen molar-refractivity contribution in [1.82, 2.24) is 15.2 Å². The van der Waals surface area contributed by atoms with E-state index in [1.807, 2.05) is 18.2 Å². The average molecular weight is 244 g/mol. The number of piperazine rings is 1. The smallest absolute Gasteiger partial charge is 0.318 e. The summed E-state index contributed by atoms with van der Waals surface area (Å²) in [7, 11) is 0. The van der Waals surface area contributed by atoms with Crippen LogP contribution in [0.1, 0.15) is 0 Å². The summed E-state index contributed by atoms with van der Waals surface area (Å²) < 4.78 is 0. The van der Waals surface area contributed by atoms with Crippen molar-refractivity contribution >= 4 is 11.8 Å². The molecule has 1 N–H and O–H groups in total. The van der Waals surface area contributed by atoms with Crippen LogP contribution in [0.25, 0.3) is 0 Å². The highest BCUT2D eigenvalue weighted by Gasteiger charge is 2.21. The summed E-state index contributed by atoms with van der Waals surface area (Å²) in [6.45, 7) is 3.24. The van der Waals surface area contributed by atoms with Crippen LogP contribution in [-0.4, -0.2) is 48.6 Å². The van der Waals surface area contributed by atoms with E-state index in [1.54, 1.807) is 11.1 Å². The van der Waals surface area contributed by atoms with Crippen molar-refractivity contribution in [3.63, 3.8) is 0 Å². The topological polar surface area (TPSA) is 48.5 Å². The van der Waals surface area contributed by atoms with Gasteiger partial charge in [0.1, 0.15) is 5.82 Å². The number of carbonyl (C=O) groups is 1. The van der Waals surface area contributed by atoms with Gasteiger partial charge in [0.15, 0.2) is 0 Å². The summed E-state index contributed by atoms with van der Waals surface area (Å²) >= 11 is 0. The molecule has 0 atom stereocenters. The maximum atomic E-state index is 11.7. The minimum Gasteiger partial charge on any atom is -0.353 e. The molecule has 0 aliphatic carbocycles. The first-order valence-corrected chi connectivity index (χ1v) is 5.93. The summed E-state index contributed by atoms with van der Waals surface area (Å²) in [5, 5.41) is 2.67. The van der Waals surface area contributed by atoms with E-state index in [-0.39, 0.29) is 12.6 Å². The zero-order valence-electron chi connectivity index (χ0n) is 10.2. The largest absolute Gasteiger partial charge is 0.353 e. The van der Waals surface area contributed by atoms with Crippen molar-refractivity contribution in [3.8, 4) is 12.3 Å². The molecule has 0 radical (unpaired) electrons. The summed E-state index contributed by atoms with van der Waals surface area (Å²) in [6, 6.07) is 5.75. The summed E-state index contributed by atoms with van der Waals surface area (Å²) in [5.74, 6) is 3.35. The molecule has 1 aromatic heterocycles. The number of aromatic nitrogens is 1. The molecule has 1 aliphatic heterocycles. The predicted octanol–water partition coefficient (Wildman–Crippen LogP) is 0.546. The quantitative estimate of drug-likeness (QED) is 0.773. The summed E-state index contributed by atoms with van der Waals surface area (Å²) in [6.07, 6.45) is 6.88. The van der Waals surface area contributed by atoms with Crippen molar-refractivity contribution in [3.05, 3.63) is 24.4 Å². The number of terminal acetylenes is 1. The Labute approximate surface area is 107 Å². The normalized spacial score (nSPS) is 15.1. The van der Waals surface area contributed by atoms with Crippen LogP contribution in [0.2, 0.25) is 0 Å². The van der Waals surface area contributed by atoms with Gasteiger partial charge in [0.05, 0.1) is 6.54 Å². The molecule has 0 unspecified atom stereocenters. The molecular weight excluding hydrogens is 228 g/mol. The van der Waals surface area contributed by atoms with Crippen LogP contribution in [-0.2, 0) is 0 Å². The van der Waals surface area contributed by atoms with Gasteiger partial charge in [0.25, 0.3) is 0 Å². The second-order valence-corrected chi connectivity index (χ2v) is 4.02. The molecule has 94 valence electrons. The van der Waals surface area contributed by atoms with E-state index >= 15 is 0 Å². The highest BCUT2D eigenvalue weighted by Crippen LogP contribution is 2.12. The van der Waals surface area contributed by atoms with E-state index in [2.05, 4.69) is 21.1 Å². The van der Waals surface area contributed by atoms with E-state index in [1.165, 1.54) is 0 Å². The van der Waals surface area contributed by atoms with Crippen molar-refractivity contribution in [2.24, 2.45) is 0 Å². The number of hydrogen-bond acceptors (Lipinski definition) is 3. The molecule has 0 spiro atoms. The molecule has 1 fully saturated rings. The second kappa shape index (κ2) is 5.92. The Bertz CT molecular complexity index is 432. The number of amides is 2. The van der Waals surface area contributed by atoms with E-state index in [9.17, 15) is 4.79 Å². The first-order valence-electron chi connectivity index (χ1n) is 5.93. The Kier molecular flexibility index (Phi) is 4.02. The third kappa shape index (κ3) is 2.92. The van der Waals surface area contributed by atoms with Crippen molar-refractivity contribution in [2.45, 2.75) is 0 Å². The van der Waals surface area contributed by atoms with Gasteiger partial charge in [0, 0.05) is 32.4 Å². The summed E-state index contributed by atoms with van der Waals surface area (Å²) in [4.78, 5) is 19.9. The number of nitrogens with one attached hydrogen (secondary N) is 1. The number of nitrogens with zero attached hydrogens (tertiary/aromatic N) is 3. The zero-order chi connectivity index (χ0) is 12.8. The number of hydrogen-bond donors (Lipinski definition) is 1. The third-order valence-corrected chi connectivity index (χ3v) is 2.88. The third-order valence-electron chi connectivity index (χ3n) is 2.88. The van der Waals surface area contributed by atoms with Gasteiger partial charge in [-0.25, -0.2) is 9.78 Å². The van der Waals surface area contributed by atoms with Gasteiger partial charge in [-0.3, -0.25) is 0 Å². The maximum absolute atomic E-state index is 11.7. The molecule has 1 aromatic rings. The molecule has 0 saturated carbocycles. The highest BCUT2D eigenvalue weighted by atomic mass is 16.2. The Hall–Kier alpha value is -2.22. The number of urea groups is 1. The van der Waals surface area contributed by atoms with Crippen LogP contribution >= 0.6 is 0 Å². The van der Waals surface area contributed by atoms with Crippen molar-refractivity contribution < 1.29 is 4.79 Å². The van der Waals surface area contributed by atoms with E-state index in [0.29, 0.717) is 13.1 Å². The van der Waals surface area contributed by atoms with Gasteiger partial charge >= 0.3 is 6.03 Å². The lowest BCUT2D eigenvalue weighted by Crippen LogP contribution is -2.52. The minimum absolute atomic E-state index is 0.0892. The van der Waals surface area contributed by atoms with Crippen molar-refractivity contribution in [2.75, 3.05) is 37.6 Å². The van der Waals surface area contributed by atoms with Gasteiger partial charge in [0.2, 0.25) is 0 Å². The first-order chi connectivity index (χ1) is 8.81. The first kappa shape index (κ1) is 12.2. The number of pyridine rings is 1. The fourth-order valence-electron chi connectivity index (χ4n) is 1.92. The number of anilines is 1. The molecule has 2 heterocycles. The lowest BCUT2D eigenvalue weighted by atomic mass is 10.3. The van der Waals surface area contributed by atoms with Crippen molar-refractivity contribution in [1.29, 1.82) is 0 Å². The Balaban J connectivity index is 1.85. The molecule has 1 aliphatic rings. The van der Waals surface area contributed by atoms with Crippen LogP contribution in [0.5, 0.6) is 0 Å². The molecule has 18 heavy (non-hydrogen) atoms. The predicted molar refractivity (Wildman–Crippen MR) is 70.3 cm³/mol. The highest BCUT2D eigenvalue weighted by molar-refractivity contribution is 5.74. The maximum Gasteiger partial charge on any atom is 0.318 e. The Morgan fingerprint density at radius 2 is 2.17 bits per heavy atom. The Morgan fingerprint density at radius 3 is 2.78 bits per heavy atom. The van der Waals surface area contributed by atoms with Gasteiger partial charge in [-0.15, -0.1) is 6.42 Å². The second-order valence-electron chi connectivity index (χ2n) is 4.02. The van der Waals surface area contributed by atoms with Gasteiger partial charge in [-0.05, 0) is 12.1 Å². The zero-order valence-corrected chi connectivity index (χ0v) is 10.2. The molecular formula is C13H16N4O. The molecule has 2 amide bonds. The molecule has 0 bridgehead atoms. The fraction of sp³-hybridized carbons (Fsp3) is 0.385. The molecule has 5 heteroatoms. The lowest BCUT2D eigenvalue weighted by Gasteiger charge is -2.35. The van der Waals surface area contributed by atoms with Crippen LogP contribution in [0.3, 0.4) is 0 Å². The van der Waals surface area contributed by atoms with Crippen LogP contribution in [0.4, 0.5) is 10.6 Å². The van der Waals surface area contributed by atoms with E-state index in [0.717, 1.165) is 18.9 Å². The Morgan fingerprint density at radius 1 is 1.39 bits per heavy atom. The fourth-order valence-corrected chi connectivity index (χ4v) is 1.92. The SMILES string of the molecule is C#CCNC(=O)N1CCN(c2ccccn2)CC1. The van der Waals surface area contributed by atoms with Gasteiger partial charge < -0.3 is 15.1 Å².